The minimum Gasteiger partial charge on any atom is -0.366 e. The molecule has 12 nitrogen and oxygen atoms in total. The number of primary amides is 1. The summed E-state index contributed by atoms with van der Waals surface area (Å²) in [6, 6.07) is 8.33. The second kappa shape index (κ2) is 10.2. The van der Waals surface area contributed by atoms with Gasteiger partial charge in [-0.3, -0.25) is 29.5 Å². The van der Waals surface area contributed by atoms with E-state index in [2.05, 4.69) is 30.9 Å². The zero-order valence-electron chi connectivity index (χ0n) is 19.5. The molecule has 4 aromatic rings. The maximum atomic E-state index is 13.0. The zero-order valence-corrected chi connectivity index (χ0v) is 19.5. The van der Waals surface area contributed by atoms with Gasteiger partial charge in [-0.1, -0.05) is 0 Å². The zero-order chi connectivity index (χ0) is 24.9. The number of carbonyl (C=O) groups excluding carboxylic acids is 3. The number of nitrogens with zero attached hydrogens (tertiary/aromatic N) is 5. The number of aromatic nitrogens is 6. The fourth-order valence-corrected chi connectivity index (χ4v) is 3.81. The summed E-state index contributed by atoms with van der Waals surface area (Å²) < 4.78 is 3.51. The fraction of sp³-hybridized carbons (Fsp3) is 0.304. The van der Waals surface area contributed by atoms with Gasteiger partial charge in [-0.2, -0.15) is 10.2 Å². The standard InChI is InChI=1S/C23H27N9O3/c1-3-32-19(12-14(2)30-32)22(35)28-23-27-17-13-15(20(24)33)6-7-18(17)31(23)11-5-4-9-25-21(34)16-8-10-26-29-16/h6-8,10,12-13H,3-5,9,11H2,1-2H3,(H2,24,33)(H,25,34)(H,26,29)(H,27,28,35). The smallest absolute Gasteiger partial charge is 0.276 e. The van der Waals surface area contributed by atoms with E-state index >= 15 is 0 Å². The SMILES string of the molecule is CCn1nc(C)cc1C(=O)Nc1nc2cc(C(N)=O)ccc2n1CCCCNC(=O)c1ccn[nH]1. The van der Waals surface area contributed by atoms with Crippen molar-refractivity contribution < 1.29 is 14.4 Å². The van der Waals surface area contributed by atoms with Gasteiger partial charge in [-0.25, -0.2) is 4.98 Å². The van der Waals surface area contributed by atoms with Crippen LogP contribution in [0.5, 0.6) is 0 Å². The van der Waals surface area contributed by atoms with E-state index in [1.807, 2.05) is 18.4 Å². The van der Waals surface area contributed by atoms with Gasteiger partial charge >= 0.3 is 0 Å². The number of hydrogen-bond acceptors (Lipinski definition) is 6. The Bertz CT molecular complexity index is 1370. The van der Waals surface area contributed by atoms with Crippen molar-refractivity contribution in [2.75, 3.05) is 11.9 Å². The molecule has 0 saturated carbocycles. The number of unbranched alkanes of at least 4 members (excludes halogenated alkanes) is 1. The highest BCUT2D eigenvalue weighted by molar-refractivity contribution is 6.03. The number of H-pyrrole nitrogens is 1. The van der Waals surface area contributed by atoms with Crippen LogP contribution in [0.4, 0.5) is 5.95 Å². The average Bonchev–Trinajstić information content (AvgIpc) is 3.57. The summed E-state index contributed by atoms with van der Waals surface area (Å²) in [5.41, 5.74) is 8.64. The summed E-state index contributed by atoms with van der Waals surface area (Å²) in [5.74, 6) is -0.742. The first-order chi connectivity index (χ1) is 16.9. The molecular formula is C23H27N9O3. The number of fused-ring (bicyclic) bond motifs is 1. The highest BCUT2D eigenvalue weighted by Crippen LogP contribution is 2.23. The van der Waals surface area contributed by atoms with Crippen molar-refractivity contribution in [3.63, 3.8) is 0 Å². The van der Waals surface area contributed by atoms with Gasteiger partial charge in [0.1, 0.15) is 11.4 Å². The lowest BCUT2D eigenvalue weighted by atomic mass is 10.2. The molecule has 12 heteroatoms. The molecule has 0 spiro atoms. The van der Waals surface area contributed by atoms with Gasteiger partial charge in [0.15, 0.2) is 0 Å². The van der Waals surface area contributed by atoms with Crippen molar-refractivity contribution >= 4 is 34.7 Å². The molecule has 3 aromatic heterocycles. The highest BCUT2D eigenvalue weighted by Gasteiger charge is 2.18. The lowest BCUT2D eigenvalue weighted by molar-refractivity contribution is 0.0945. The van der Waals surface area contributed by atoms with Crippen molar-refractivity contribution in [2.24, 2.45) is 5.73 Å². The third-order valence-electron chi connectivity index (χ3n) is 5.53. The van der Waals surface area contributed by atoms with Crippen molar-refractivity contribution in [1.82, 2.24) is 34.8 Å². The summed E-state index contributed by atoms with van der Waals surface area (Å²) in [6.07, 6.45) is 2.93. The van der Waals surface area contributed by atoms with Crippen LogP contribution in [0.1, 0.15) is 56.8 Å². The molecule has 0 bridgehead atoms. The molecule has 0 radical (unpaired) electrons. The Morgan fingerprint density at radius 1 is 1.11 bits per heavy atom. The molecule has 3 heterocycles. The van der Waals surface area contributed by atoms with E-state index < -0.39 is 5.91 Å². The largest absolute Gasteiger partial charge is 0.366 e. The molecule has 0 aliphatic rings. The Kier molecular flexibility index (Phi) is 6.90. The number of anilines is 1. The van der Waals surface area contributed by atoms with Crippen LogP contribution in [0.3, 0.4) is 0 Å². The highest BCUT2D eigenvalue weighted by atomic mass is 16.2. The van der Waals surface area contributed by atoms with Gasteiger partial charge in [0.25, 0.3) is 11.8 Å². The minimum absolute atomic E-state index is 0.217. The molecule has 0 atom stereocenters. The summed E-state index contributed by atoms with van der Waals surface area (Å²) in [7, 11) is 0. The van der Waals surface area contributed by atoms with Crippen molar-refractivity contribution in [3.8, 4) is 0 Å². The molecule has 3 amide bonds. The number of aryl methyl sites for hydroxylation is 3. The van der Waals surface area contributed by atoms with Crippen LogP contribution in [0.15, 0.2) is 36.5 Å². The second-order valence-electron chi connectivity index (χ2n) is 8.03. The number of carbonyl (C=O) groups is 3. The predicted molar refractivity (Wildman–Crippen MR) is 129 cm³/mol. The summed E-state index contributed by atoms with van der Waals surface area (Å²) >= 11 is 0. The van der Waals surface area contributed by atoms with E-state index in [4.69, 9.17) is 5.73 Å². The number of aromatic amines is 1. The Morgan fingerprint density at radius 2 is 1.94 bits per heavy atom. The number of amides is 3. The number of nitrogens with one attached hydrogen (secondary N) is 3. The lowest BCUT2D eigenvalue weighted by Crippen LogP contribution is -2.25. The number of hydrogen-bond donors (Lipinski definition) is 4. The summed E-state index contributed by atoms with van der Waals surface area (Å²) in [4.78, 5) is 41.2. The molecule has 0 aliphatic heterocycles. The van der Waals surface area contributed by atoms with Gasteiger partial charge in [0.2, 0.25) is 11.9 Å². The van der Waals surface area contributed by atoms with Gasteiger partial charge in [-0.15, -0.1) is 0 Å². The monoisotopic (exact) mass is 477 g/mol. The third kappa shape index (κ3) is 5.21. The van der Waals surface area contributed by atoms with Gasteiger partial charge in [-0.05, 0) is 57.0 Å². The molecule has 35 heavy (non-hydrogen) atoms. The van der Waals surface area contributed by atoms with Crippen LogP contribution < -0.4 is 16.4 Å². The first-order valence-corrected chi connectivity index (χ1v) is 11.3. The van der Waals surface area contributed by atoms with Gasteiger partial charge in [0, 0.05) is 31.4 Å². The maximum Gasteiger partial charge on any atom is 0.276 e. The Balaban J connectivity index is 1.51. The number of imidazole rings is 1. The van der Waals surface area contributed by atoms with E-state index in [0.29, 0.717) is 60.9 Å². The summed E-state index contributed by atoms with van der Waals surface area (Å²) in [5, 5.41) is 16.5. The Morgan fingerprint density at radius 3 is 2.66 bits per heavy atom. The van der Waals surface area contributed by atoms with E-state index in [-0.39, 0.29) is 11.8 Å². The first-order valence-electron chi connectivity index (χ1n) is 11.3. The van der Waals surface area contributed by atoms with Crippen LogP contribution in [0.25, 0.3) is 11.0 Å². The molecule has 0 aliphatic carbocycles. The fourth-order valence-electron chi connectivity index (χ4n) is 3.81. The first kappa shape index (κ1) is 23.7. The molecule has 4 rings (SSSR count). The molecule has 0 saturated heterocycles. The van der Waals surface area contributed by atoms with Crippen LogP contribution in [-0.4, -0.2) is 53.8 Å². The quantitative estimate of drug-likeness (QED) is 0.254. The molecule has 182 valence electrons. The third-order valence-corrected chi connectivity index (χ3v) is 5.53. The molecule has 0 fully saturated rings. The Hall–Kier alpha value is -4.48. The lowest BCUT2D eigenvalue weighted by Gasteiger charge is -2.11. The van der Waals surface area contributed by atoms with Crippen molar-refractivity contribution in [3.05, 3.63) is 59.2 Å². The van der Waals surface area contributed by atoms with Crippen LogP contribution in [0, 0.1) is 6.92 Å². The second-order valence-corrected chi connectivity index (χ2v) is 8.03. The topological polar surface area (TPSA) is 166 Å². The van der Waals surface area contributed by atoms with Gasteiger partial charge < -0.3 is 15.6 Å². The van der Waals surface area contributed by atoms with E-state index in [9.17, 15) is 14.4 Å². The van der Waals surface area contributed by atoms with Gasteiger partial charge in [0.05, 0.1) is 16.7 Å². The predicted octanol–water partition coefficient (Wildman–Crippen LogP) is 1.85. The molecule has 5 N–H and O–H groups in total. The van der Waals surface area contributed by atoms with E-state index in [1.54, 1.807) is 35.0 Å². The van der Waals surface area contributed by atoms with E-state index in [0.717, 1.165) is 11.2 Å². The number of rotatable bonds is 10. The molecular weight excluding hydrogens is 450 g/mol. The minimum atomic E-state index is -0.553. The maximum absolute atomic E-state index is 13.0. The average molecular weight is 478 g/mol. The van der Waals surface area contributed by atoms with Crippen molar-refractivity contribution in [2.45, 2.75) is 39.8 Å². The van der Waals surface area contributed by atoms with E-state index in [1.165, 1.54) is 6.20 Å². The molecule has 1 aromatic carbocycles. The molecule has 0 unspecified atom stereocenters. The normalized spacial score (nSPS) is 11.0. The van der Waals surface area contributed by atoms with Crippen LogP contribution in [0.2, 0.25) is 0 Å². The Labute approximate surface area is 200 Å². The van der Waals surface area contributed by atoms with Crippen LogP contribution >= 0.6 is 0 Å². The van der Waals surface area contributed by atoms with Crippen LogP contribution in [-0.2, 0) is 13.1 Å². The number of nitrogens with two attached hydrogens (primary N) is 1. The number of benzene rings is 1. The summed E-state index contributed by atoms with van der Waals surface area (Å²) in [6.45, 7) is 5.31. The van der Waals surface area contributed by atoms with Crippen molar-refractivity contribution in [1.29, 1.82) is 0 Å².